The second-order valence-corrected chi connectivity index (χ2v) is 7.28. The minimum atomic E-state index is -4.66. The summed E-state index contributed by atoms with van der Waals surface area (Å²) in [7, 11) is 0. The number of alkyl halides is 3. The summed E-state index contributed by atoms with van der Waals surface area (Å²) < 4.78 is 44.4. The molecule has 30 heavy (non-hydrogen) atoms. The predicted molar refractivity (Wildman–Crippen MR) is 104 cm³/mol. The van der Waals surface area contributed by atoms with Gasteiger partial charge in [0.05, 0.1) is 16.9 Å². The van der Waals surface area contributed by atoms with Gasteiger partial charge in [0.2, 0.25) is 5.91 Å². The summed E-state index contributed by atoms with van der Waals surface area (Å²) in [5.41, 5.74) is 3.16. The Balaban J connectivity index is 2.33. The van der Waals surface area contributed by atoms with Crippen LogP contribution in [0.25, 0.3) is 0 Å². The molecule has 7 nitrogen and oxygen atoms in total. The van der Waals surface area contributed by atoms with Crippen molar-refractivity contribution in [3.63, 3.8) is 0 Å². The molecule has 0 spiro atoms. The Morgan fingerprint density at radius 3 is 1.93 bits per heavy atom. The third-order valence-electron chi connectivity index (χ3n) is 3.66. The van der Waals surface area contributed by atoms with Crippen LogP contribution in [-0.2, 0) is 10.9 Å². The Morgan fingerprint density at radius 2 is 1.43 bits per heavy atom. The fraction of sp³-hybridized carbons (Fsp3) is 0.250. The number of hydrogen-bond donors (Lipinski definition) is 3. The number of primary amides is 1. The third-order valence-corrected chi connectivity index (χ3v) is 3.66. The van der Waals surface area contributed by atoms with Crippen LogP contribution in [0.3, 0.4) is 0 Å². The Kier molecular flexibility index (Phi) is 6.39. The molecule has 0 heterocycles. The molecule has 160 valence electrons. The summed E-state index contributed by atoms with van der Waals surface area (Å²) in [5, 5.41) is 4.65. The number of hydrogen-bond acceptors (Lipinski definition) is 4. The fourth-order valence-electron chi connectivity index (χ4n) is 2.33. The number of nitrogens with two attached hydrogens (primary N) is 1. The van der Waals surface area contributed by atoms with E-state index in [9.17, 15) is 27.6 Å². The van der Waals surface area contributed by atoms with Gasteiger partial charge in [-0.25, -0.2) is 4.79 Å². The topological polar surface area (TPSA) is 111 Å². The number of carbonyl (C=O) groups is 3. The van der Waals surface area contributed by atoms with Gasteiger partial charge in [0.15, 0.2) is 0 Å². The summed E-state index contributed by atoms with van der Waals surface area (Å²) in [5.74, 6) is -1.44. The lowest BCUT2D eigenvalue weighted by Crippen LogP contribution is -2.27. The van der Waals surface area contributed by atoms with Crippen LogP contribution in [0, 0.1) is 0 Å². The van der Waals surface area contributed by atoms with Gasteiger partial charge < -0.3 is 15.8 Å². The van der Waals surface area contributed by atoms with Crippen LogP contribution < -0.4 is 16.4 Å². The summed E-state index contributed by atoms with van der Waals surface area (Å²) in [6, 6.07) is 7.69. The highest BCUT2D eigenvalue weighted by Gasteiger charge is 2.31. The molecule has 0 atom stereocenters. The number of ether oxygens (including phenoxy) is 1. The number of rotatable bonds is 4. The van der Waals surface area contributed by atoms with Gasteiger partial charge in [0, 0.05) is 11.1 Å². The quantitative estimate of drug-likeness (QED) is 0.677. The van der Waals surface area contributed by atoms with Crippen molar-refractivity contribution in [3.05, 3.63) is 59.2 Å². The van der Waals surface area contributed by atoms with Crippen LogP contribution in [0.15, 0.2) is 42.5 Å². The molecule has 3 amide bonds. The highest BCUT2D eigenvalue weighted by Crippen LogP contribution is 2.34. The van der Waals surface area contributed by atoms with Crippen molar-refractivity contribution in [1.29, 1.82) is 0 Å². The molecule has 2 rings (SSSR count). The van der Waals surface area contributed by atoms with Gasteiger partial charge in [-0.05, 0) is 63.2 Å². The van der Waals surface area contributed by atoms with E-state index < -0.39 is 35.2 Å². The lowest BCUT2D eigenvalue weighted by atomic mass is 10.1. The van der Waals surface area contributed by atoms with Crippen molar-refractivity contribution in [3.8, 4) is 0 Å². The van der Waals surface area contributed by atoms with Crippen LogP contribution >= 0.6 is 0 Å². The highest BCUT2D eigenvalue weighted by atomic mass is 19.4. The van der Waals surface area contributed by atoms with Gasteiger partial charge in [-0.2, -0.15) is 13.2 Å². The first-order chi connectivity index (χ1) is 13.8. The monoisotopic (exact) mass is 423 g/mol. The molecule has 0 aliphatic heterocycles. The first-order valence-corrected chi connectivity index (χ1v) is 8.69. The molecular formula is C20H20F3N3O4. The Hall–Kier alpha value is -3.56. The number of benzene rings is 2. The van der Waals surface area contributed by atoms with E-state index in [1.807, 2.05) is 0 Å². The van der Waals surface area contributed by atoms with Gasteiger partial charge in [-0.3, -0.25) is 14.9 Å². The molecule has 0 saturated heterocycles. The van der Waals surface area contributed by atoms with E-state index in [1.54, 1.807) is 20.8 Å². The minimum Gasteiger partial charge on any atom is -0.444 e. The fourth-order valence-corrected chi connectivity index (χ4v) is 2.33. The van der Waals surface area contributed by atoms with E-state index in [-0.39, 0.29) is 22.5 Å². The van der Waals surface area contributed by atoms with Gasteiger partial charge >= 0.3 is 12.3 Å². The Labute approximate surface area is 170 Å². The van der Waals surface area contributed by atoms with Crippen molar-refractivity contribution < 1.29 is 32.3 Å². The van der Waals surface area contributed by atoms with Crippen LogP contribution in [0.2, 0.25) is 0 Å². The van der Waals surface area contributed by atoms with Crippen LogP contribution in [0.4, 0.5) is 29.3 Å². The van der Waals surface area contributed by atoms with E-state index in [4.69, 9.17) is 10.5 Å². The normalized spacial score (nSPS) is 11.5. The smallest absolute Gasteiger partial charge is 0.416 e. The molecule has 0 saturated carbocycles. The molecular weight excluding hydrogens is 403 g/mol. The maximum Gasteiger partial charge on any atom is 0.416 e. The van der Waals surface area contributed by atoms with Crippen molar-refractivity contribution in [2.24, 2.45) is 5.73 Å². The van der Waals surface area contributed by atoms with Crippen molar-refractivity contribution in [2.45, 2.75) is 32.5 Å². The number of halogens is 3. The zero-order valence-electron chi connectivity index (χ0n) is 16.4. The summed E-state index contributed by atoms with van der Waals surface area (Å²) in [6.07, 6.45) is -5.56. The molecule has 0 radical (unpaired) electrons. The maximum absolute atomic E-state index is 13.1. The average molecular weight is 423 g/mol. The molecule has 2 aromatic carbocycles. The predicted octanol–water partition coefficient (Wildman–Crippen LogP) is 4.40. The summed E-state index contributed by atoms with van der Waals surface area (Å²) in [6.45, 7) is 4.87. The van der Waals surface area contributed by atoms with Crippen LogP contribution in [0.5, 0.6) is 0 Å². The number of anilines is 2. The molecule has 0 aromatic heterocycles. The van der Waals surface area contributed by atoms with Gasteiger partial charge in [-0.1, -0.05) is 0 Å². The van der Waals surface area contributed by atoms with E-state index in [0.29, 0.717) is 6.07 Å². The molecule has 0 unspecified atom stereocenters. The summed E-state index contributed by atoms with van der Waals surface area (Å²) in [4.78, 5) is 35.6. The zero-order valence-corrected chi connectivity index (χ0v) is 16.4. The molecule has 4 N–H and O–H groups in total. The molecule has 10 heteroatoms. The lowest BCUT2D eigenvalue weighted by molar-refractivity contribution is -0.137. The highest BCUT2D eigenvalue weighted by molar-refractivity contribution is 6.07. The number of carbonyl (C=O) groups excluding carboxylic acids is 3. The van der Waals surface area contributed by atoms with Crippen molar-refractivity contribution >= 4 is 29.3 Å². The SMILES string of the molecule is CC(C)(C)OC(=O)Nc1ccc(C(F)(F)F)cc1NC(=O)c1ccc(C(N)=O)cc1. The minimum absolute atomic E-state index is 0.0700. The Bertz CT molecular complexity index is 965. The van der Waals surface area contributed by atoms with Gasteiger partial charge in [-0.15, -0.1) is 0 Å². The van der Waals surface area contributed by atoms with Crippen molar-refractivity contribution in [1.82, 2.24) is 0 Å². The van der Waals surface area contributed by atoms with E-state index >= 15 is 0 Å². The van der Waals surface area contributed by atoms with Gasteiger partial charge in [0.25, 0.3) is 5.91 Å². The largest absolute Gasteiger partial charge is 0.444 e. The summed E-state index contributed by atoms with van der Waals surface area (Å²) >= 11 is 0. The van der Waals surface area contributed by atoms with Gasteiger partial charge in [0.1, 0.15) is 5.60 Å². The molecule has 0 aliphatic carbocycles. The first kappa shape index (κ1) is 22.7. The standard InChI is InChI=1S/C20H20F3N3O4/c1-19(2,3)30-18(29)26-14-9-8-13(20(21,22)23)10-15(14)25-17(28)12-6-4-11(5-7-12)16(24)27/h4-10H,1-3H3,(H2,24,27)(H,25,28)(H,26,29). The Morgan fingerprint density at radius 1 is 0.867 bits per heavy atom. The van der Waals surface area contributed by atoms with Crippen molar-refractivity contribution in [2.75, 3.05) is 10.6 Å². The van der Waals surface area contributed by atoms with E-state index in [2.05, 4.69) is 10.6 Å². The number of nitrogens with one attached hydrogen (secondary N) is 2. The molecule has 0 aliphatic rings. The van der Waals surface area contributed by atoms with E-state index in [0.717, 1.165) is 12.1 Å². The zero-order chi connectivity index (χ0) is 22.7. The van der Waals surface area contributed by atoms with Crippen LogP contribution in [-0.4, -0.2) is 23.5 Å². The van der Waals surface area contributed by atoms with Crippen LogP contribution in [0.1, 0.15) is 47.1 Å². The second kappa shape index (κ2) is 8.44. The molecule has 0 fully saturated rings. The van der Waals surface area contributed by atoms with E-state index in [1.165, 1.54) is 24.3 Å². The second-order valence-electron chi connectivity index (χ2n) is 7.28. The number of amides is 3. The third kappa shape index (κ3) is 6.23. The molecule has 0 bridgehead atoms. The first-order valence-electron chi connectivity index (χ1n) is 8.69. The average Bonchev–Trinajstić information content (AvgIpc) is 2.60. The lowest BCUT2D eigenvalue weighted by Gasteiger charge is -2.21. The maximum atomic E-state index is 13.1. The molecule has 2 aromatic rings.